The smallest absolute Gasteiger partial charge is 0.417 e. The zero-order valence-electron chi connectivity index (χ0n) is 18.6. The van der Waals surface area contributed by atoms with E-state index >= 15 is 0 Å². The van der Waals surface area contributed by atoms with Gasteiger partial charge in [-0.15, -0.1) is 0 Å². The first-order chi connectivity index (χ1) is 16.6. The molecule has 0 N–H and O–H groups in total. The van der Waals surface area contributed by atoms with Crippen molar-refractivity contribution in [2.45, 2.75) is 32.0 Å². The van der Waals surface area contributed by atoms with Gasteiger partial charge >= 0.3 is 6.18 Å². The normalized spacial score (nSPS) is 18.4. The molecular formula is C24H21F5N4O2. The Morgan fingerprint density at radius 1 is 1.14 bits per heavy atom. The molecule has 2 unspecified atom stereocenters. The monoisotopic (exact) mass is 492 g/mol. The summed E-state index contributed by atoms with van der Waals surface area (Å²) in [6.45, 7) is 2.16. The molecule has 6 nitrogen and oxygen atoms in total. The van der Waals surface area contributed by atoms with Gasteiger partial charge in [-0.2, -0.15) is 13.2 Å². The van der Waals surface area contributed by atoms with E-state index < -0.39 is 35.3 Å². The van der Waals surface area contributed by atoms with Gasteiger partial charge in [0.25, 0.3) is 5.91 Å². The maximum Gasteiger partial charge on any atom is 0.417 e. The second-order valence-electron chi connectivity index (χ2n) is 8.26. The molecule has 0 spiro atoms. The summed E-state index contributed by atoms with van der Waals surface area (Å²) in [5.41, 5.74) is -1.34. The quantitative estimate of drug-likeness (QED) is 0.461. The fraction of sp³-hybridized carbons (Fsp3) is 0.333. The molecule has 4 rings (SSSR count). The van der Waals surface area contributed by atoms with Gasteiger partial charge in [-0.1, -0.05) is 6.92 Å². The van der Waals surface area contributed by atoms with E-state index in [1.165, 1.54) is 23.4 Å². The van der Waals surface area contributed by atoms with Gasteiger partial charge in [0.2, 0.25) is 5.88 Å². The molecule has 1 aliphatic heterocycles. The highest BCUT2D eigenvalue weighted by Crippen LogP contribution is 2.32. The van der Waals surface area contributed by atoms with Crippen molar-refractivity contribution >= 4 is 5.91 Å². The number of halogens is 5. The molecule has 3 heterocycles. The second-order valence-corrected chi connectivity index (χ2v) is 8.26. The molecule has 0 bridgehead atoms. The van der Waals surface area contributed by atoms with E-state index in [9.17, 15) is 26.7 Å². The van der Waals surface area contributed by atoms with Crippen LogP contribution in [0.25, 0.3) is 11.4 Å². The van der Waals surface area contributed by atoms with E-state index in [1.807, 2.05) is 6.92 Å². The lowest BCUT2D eigenvalue weighted by molar-refractivity contribution is -0.137. The highest BCUT2D eigenvalue weighted by molar-refractivity contribution is 6.00. The number of hydrogen-bond donors (Lipinski definition) is 0. The average molecular weight is 492 g/mol. The Morgan fingerprint density at radius 3 is 2.54 bits per heavy atom. The first kappa shape index (κ1) is 24.5. The standard InChI is InChI=1S/C24H21F5N4O2/c1-14-4-2-9-33(19(14)13-35-20-6-5-15(12-32-20)24(27,28)29)23(34)17-10-16(25)11-18(26)21(17)22-30-7-3-8-31-22/h3,5-8,10-12,14,19H,2,4,9,13H2,1H3. The van der Waals surface area contributed by atoms with Crippen molar-refractivity contribution in [2.75, 3.05) is 13.2 Å². The molecule has 0 aliphatic carbocycles. The zero-order chi connectivity index (χ0) is 25.2. The number of amides is 1. The lowest BCUT2D eigenvalue weighted by Gasteiger charge is -2.40. The SMILES string of the molecule is CC1CCCN(C(=O)c2cc(F)cc(F)c2-c2ncccn2)C1COc1ccc(C(F)(F)F)cn1. The van der Waals surface area contributed by atoms with Crippen LogP contribution in [0.4, 0.5) is 22.0 Å². The van der Waals surface area contributed by atoms with E-state index in [1.54, 1.807) is 0 Å². The van der Waals surface area contributed by atoms with Crippen LogP contribution in [-0.2, 0) is 6.18 Å². The molecule has 1 saturated heterocycles. The molecule has 0 saturated carbocycles. The molecule has 0 radical (unpaired) electrons. The van der Waals surface area contributed by atoms with Crippen LogP contribution in [0.1, 0.15) is 35.7 Å². The van der Waals surface area contributed by atoms with Crippen molar-refractivity contribution in [2.24, 2.45) is 5.92 Å². The van der Waals surface area contributed by atoms with Crippen molar-refractivity contribution in [1.82, 2.24) is 19.9 Å². The number of ether oxygens (including phenoxy) is 1. The zero-order valence-corrected chi connectivity index (χ0v) is 18.6. The molecule has 2 aromatic heterocycles. The number of piperidine rings is 1. The number of benzene rings is 1. The third-order valence-corrected chi connectivity index (χ3v) is 5.92. The van der Waals surface area contributed by atoms with Crippen molar-refractivity contribution in [3.8, 4) is 17.3 Å². The number of carbonyl (C=O) groups is 1. The van der Waals surface area contributed by atoms with Gasteiger partial charge < -0.3 is 9.64 Å². The number of carbonyl (C=O) groups excluding carboxylic acids is 1. The summed E-state index contributed by atoms with van der Waals surface area (Å²) in [7, 11) is 0. The number of aromatic nitrogens is 3. The fourth-order valence-corrected chi connectivity index (χ4v) is 4.11. The molecular weight excluding hydrogens is 471 g/mol. The molecule has 1 amide bonds. The minimum Gasteiger partial charge on any atom is -0.475 e. The van der Waals surface area contributed by atoms with Crippen LogP contribution in [0.3, 0.4) is 0 Å². The van der Waals surface area contributed by atoms with Crippen LogP contribution >= 0.6 is 0 Å². The van der Waals surface area contributed by atoms with Crippen LogP contribution in [0.2, 0.25) is 0 Å². The summed E-state index contributed by atoms with van der Waals surface area (Å²) < 4.78 is 72.9. The van der Waals surface area contributed by atoms with Crippen molar-refractivity contribution in [3.05, 3.63) is 71.7 Å². The average Bonchev–Trinajstić information content (AvgIpc) is 2.82. The largest absolute Gasteiger partial charge is 0.475 e. The summed E-state index contributed by atoms with van der Waals surface area (Å²) in [5, 5.41) is 0. The van der Waals surface area contributed by atoms with Gasteiger partial charge in [0.05, 0.1) is 22.7 Å². The number of alkyl halides is 3. The van der Waals surface area contributed by atoms with Gasteiger partial charge in [0.15, 0.2) is 5.82 Å². The highest BCUT2D eigenvalue weighted by atomic mass is 19.4. The number of pyridine rings is 1. The van der Waals surface area contributed by atoms with Gasteiger partial charge in [0, 0.05) is 37.3 Å². The van der Waals surface area contributed by atoms with Gasteiger partial charge in [-0.05, 0) is 37.0 Å². The maximum atomic E-state index is 14.8. The second kappa shape index (κ2) is 9.93. The summed E-state index contributed by atoms with van der Waals surface area (Å²) in [5.74, 6) is -2.63. The molecule has 35 heavy (non-hydrogen) atoms. The van der Waals surface area contributed by atoms with E-state index in [0.29, 0.717) is 25.2 Å². The van der Waals surface area contributed by atoms with Crippen LogP contribution in [0.15, 0.2) is 48.9 Å². The van der Waals surface area contributed by atoms with E-state index in [2.05, 4.69) is 15.0 Å². The molecule has 1 aliphatic rings. The Labute approximate surface area is 197 Å². The molecule has 3 aromatic rings. The van der Waals surface area contributed by atoms with Crippen molar-refractivity contribution < 1.29 is 31.5 Å². The fourth-order valence-electron chi connectivity index (χ4n) is 4.11. The Hall–Kier alpha value is -3.63. The molecule has 1 aromatic carbocycles. The van der Waals surface area contributed by atoms with Crippen LogP contribution in [0, 0.1) is 17.6 Å². The Balaban J connectivity index is 1.60. The molecule has 184 valence electrons. The summed E-state index contributed by atoms with van der Waals surface area (Å²) in [4.78, 5) is 26.7. The van der Waals surface area contributed by atoms with Gasteiger partial charge in [0.1, 0.15) is 18.2 Å². The number of likely N-dealkylation sites (tertiary alicyclic amines) is 1. The Kier molecular flexibility index (Phi) is 6.95. The van der Waals surface area contributed by atoms with E-state index in [4.69, 9.17) is 4.74 Å². The lowest BCUT2D eigenvalue weighted by Crippen LogP contribution is -2.50. The topological polar surface area (TPSA) is 68.2 Å². The third-order valence-electron chi connectivity index (χ3n) is 5.92. The maximum absolute atomic E-state index is 14.8. The Morgan fingerprint density at radius 2 is 1.89 bits per heavy atom. The lowest BCUT2D eigenvalue weighted by atomic mass is 9.90. The number of nitrogens with zero attached hydrogens (tertiary/aromatic N) is 4. The molecule has 11 heteroatoms. The van der Waals surface area contributed by atoms with Gasteiger partial charge in [-0.25, -0.2) is 23.7 Å². The van der Waals surface area contributed by atoms with Gasteiger partial charge in [-0.3, -0.25) is 4.79 Å². The Bertz CT molecular complexity index is 1190. The van der Waals surface area contributed by atoms with E-state index in [-0.39, 0.29) is 35.4 Å². The van der Waals surface area contributed by atoms with Crippen LogP contribution < -0.4 is 4.74 Å². The molecule has 2 atom stereocenters. The summed E-state index contributed by atoms with van der Waals surface area (Å²) in [6, 6.07) is 4.61. The molecule has 1 fully saturated rings. The first-order valence-corrected chi connectivity index (χ1v) is 10.9. The first-order valence-electron chi connectivity index (χ1n) is 10.9. The van der Waals surface area contributed by atoms with E-state index in [0.717, 1.165) is 24.6 Å². The van der Waals surface area contributed by atoms with Crippen molar-refractivity contribution in [1.29, 1.82) is 0 Å². The predicted octanol–water partition coefficient (Wildman–Crippen LogP) is 5.16. The minimum atomic E-state index is -4.52. The predicted molar refractivity (Wildman–Crippen MR) is 115 cm³/mol. The number of rotatable bonds is 5. The van der Waals surface area contributed by atoms with Crippen molar-refractivity contribution in [3.63, 3.8) is 0 Å². The highest BCUT2D eigenvalue weighted by Gasteiger charge is 2.35. The third kappa shape index (κ3) is 5.39. The summed E-state index contributed by atoms with van der Waals surface area (Å²) >= 11 is 0. The summed E-state index contributed by atoms with van der Waals surface area (Å²) in [6.07, 6.45) is 0.352. The number of hydrogen-bond acceptors (Lipinski definition) is 5. The van der Waals surface area contributed by atoms with Crippen LogP contribution in [0.5, 0.6) is 5.88 Å². The minimum absolute atomic E-state index is 0.0293. The van der Waals surface area contributed by atoms with Crippen LogP contribution in [-0.4, -0.2) is 45.0 Å².